The fourth-order valence-corrected chi connectivity index (χ4v) is 1.85. The maximum absolute atomic E-state index is 5.67. The molecule has 0 aliphatic carbocycles. The van der Waals surface area contributed by atoms with Crippen molar-refractivity contribution in [2.75, 3.05) is 14.2 Å². The van der Waals surface area contributed by atoms with Crippen LogP contribution in [0.5, 0.6) is 23.0 Å². The molecule has 0 saturated heterocycles. The predicted molar refractivity (Wildman–Crippen MR) is 63.9 cm³/mol. The Labute approximate surface area is 98.2 Å². The minimum atomic E-state index is 0.658. The Bertz CT molecular complexity index is 451. The summed E-state index contributed by atoms with van der Waals surface area (Å²) < 4.78 is 16.0. The highest BCUT2D eigenvalue weighted by Crippen LogP contribution is 2.34. The van der Waals surface area contributed by atoms with E-state index in [0.29, 0.717) is 11.5 Å². The molecule has 0 atom stereocenters. The van der Waals surface area contributed by atoms with Crippen LogP contribution in [0.25, 0.3) is 0 Å². The van der Waals surface area contributed by atoms with Crippen LogP contribution in [0.2, 0.25) is 0 Å². The standard InChI is InChI=1S/C12H12O3S/c1-13-9-3-4-11(12(7-9)14-2)15-10-5-6-16-8-10/h3-8H,1-2H3. The van der Waals surface area contributed by atoms with Gasteiger partial charge in [0.1, 0.15) is 11.5 Å². The second-order valence-corrected chi connectivity index (χ2v) is 3.86. The van der Waals surface area contributed by atoms with E-state index in [1.54, 1.807) is 31.6 Å². The average molecular weight is 236 g/mol. The molecule has 0 radical (unpaired) electrons. The molecule has 0 unspecified atom stereocenters. The summed E-state index contributed by atoms with van der Waals surface area (Å²) in [5, 5.41) is 3.90. The van der Waals surface area contributed by atoms with Crippen molar-refractivity contribution in [2.24, 2.45) is 0 Å². The molecule has 0 bridgehead atoms. The van der Waals surface area contributed by atoms with Crippen molar-refractivity contribution in [2.45, 2.75) is 0 Å². The molecule has 4 heteroatoms. The third kappa shape index (κ3) is 2.28. The molecule has 1 aromatic carbocycles. The Morgan fingerprint density at radius 3 is 2.44 bits per heavy atom. The van der Waals surface area contributed by atoms with Gasteiger partial charge in [-0.3, -0.25) is 0 Å². The zero-order chi connectivity index (χ0) is 11.4. The lowest BCUT2D eigenvalue weighted by Gasteiger charge is -2.10. The second kappa shape index (κ2) is 4.90. The first-order valence-electron chi connectivity index (χ1n) is 4.75. The van der Waals surface area contributed by atoms with E-state index in [9.17, 15) is 0 Å². The zero-order valence-corrected chi connectivity index (χ0v) is 9.91. The van der Waals surface area contributed by atoms with Crippen molar-refractivity contribution >= 4 is 11.3 Å². The Hall–Kier alpha value is -1.68. The highest BCUT2D eigenvalue weighted by Gasteiger charge is 2.07. The highest BCUT2D eigenvalue weighted by atomic mass is 32.1. The molecule has 16 heavy (non-hydrogen) atoms. The molecular weight excluding hydrogens is 224 g/mol. The van der Waals surface area contributed by atoms with Crippen LogP contribution in [0.4, 0.5) is 0 Å². The van der Waals surface area contributed by atoms with Gasteiger partial charge in [-0.1, -0.05) is 0 Å². The van der Waals surface area contributed by atoms with Crippen LogP contribution < -0.4 is 14.2 Å². The first-order chi connectivity index (χ1) is 7.83. The zero-order valence-electron chi connectivity index (χ0n) is 9.10. The van der Waals surface area contributed by atoms with Gasteiger partial charge >= 0.3 is 0 Å². The van der Waals surface area contributed by atoms with Crippen molar-refractivity contribution in [3.8, 4) is 23.0 Å². The fraction of sp³-hybridized carbons (Fsp3) is 0.167. The Kier molecular flexibility index (Phi) is 3.31. The Balaban J connectivity index is 2.26. The summed E-state index contributed by atoms with van der Waals surface area (Å²) in [7, 11) is 3.23. The van der Waals surface area contributed by atoms with Gasteiger partial charge in [-0.2, -0.15) is 0 Å². The summed E-state index contributed by atoms with van der Waals surface area (Å²) in [6.07, 6.45) is 0. The third-order valence-corrected chi connectivity index (χ3v) is 2.76. The van der Waals surface area contributed by atoms with Crippen LogP contribution in [0, 0.1) is 0 Å². The molecule has 0 N–H and O–H groups in total. The molecule has 0 amide bonds. The largest absolute Gasteiger partial charge is 0.497 e. The predicted octanol–water partition coefficient (Wildman–Crippen LogP) is 3.56. The number of thiophene rings is 1. The van der Waals surface area contributed by atoms with Gasteiger partial charge in [0.25, 0.3) is 0 Å². The van der Waals surface area contributed by atoms with Crippen LogP contribution in [-0.4, -0.2) is 14.2 Å². The van der Waals surface area contributed by atoms with E-state index in [4.69, 9.17) is 14.2 Å². The average Bonchev–Trinajstić information content (AvgIpc) is 2.82. The lowest BCUT2D eigenvalue weighted by atomic mass is 10.3. The second-order valence-electron chi connectivity index (χ2n) is 3.08. The first-order valence-corrected chi connectivity index (χ1v) is 5.70. The smallest absolute Gasteiger partial charge is 0.169 e. The quantitative estimate of drug-likeness (QED) is 0.812. The van der Waals surface area contributed by atoms with Crippen LogP contribution in [0.3, 0.4) is 0 Å². The lowest BCUT2D eigenvalue weighted by Crippen LogP contribution is -1.91. The summed E-state index contributed by atoms with van der Waals surface area (Å²) >= 11 is 1.59. The van der Waals surface area contributed by atoms with E-state index in [1.165, 1.54) is 0 Å². The molecule has 1 heterocycles. The van der Waals surface area contributed by atoms with Crippen molar-refractivity contribution in [1.82, 2.24) is 0 Å². The van der Waals surface area contributed by atoms with Crippen molar-refractivity contribution < 1.29 is 14.2 Å². The van der Waals surface area contributed by atoms with E-state index in [1.807, 2.05) is 29.0 Å². The molecule has 1 aromatic heterocycles. The first kappa shape index (κ1) is 10.8. The van der Waals surface area contributed by atoms with Gasteiger partial charge in [-0.15, -0.1) is 11.3 Å². The van der Waals surface area contributed by atoms with Gasteiger partial charge < -0.3 is 14.2 Å². The Morgan fingerprint density at radius 2 is 1.81 bits per heavy atom. The summed E-state index contributed by atoms with van der Waals surface area (Å²) in [6, 6.07) is 7.37. The molecule has 2 aromatic rings. The molecule has 0 aliphatic rings. The highest BCUT2D eigenvalue weighted by molar-refractivity contribution is 7.08. The summed E-state index contributed by atoms with van der Waals surface area (Å²) in [4.78, 5) is 0. The van der Waals surface area contributed by atoms with Crippen LogP contribution in [0.1, 0.15) is 0 Å². The van der Waals surface area contributed by atoms with Gasteiger partial charge in [0, 0.05) is 11.4 Å². The number of ether oxygens (including phenoxy) is 3. The molecule has 2 rings (SSSR count). The molecule has 84 valence electrons. The van der Waals surface area contributed by atoms with Crippen molar-refractivity contribution in [1.29, 1.82) is 0 Å². The van der Waals surface area contributed by atoms with Gasteiger partial charge in [0.05, 0.1) is 14.2 Å². The number of methoxy groups -OCH3 is 2. The Morgan fingerprint density at radius 1 is 0.938 bits per heavy atom. The minimum absolute atomic E-state index is 0.658. The van der Waals surface area contributed by atoms with Crippen molar-refractivity contribution in [3.05, 3.63) is 35.0 Å². The summed E-state index contributed by atoms with van der Waals surface area (Å²) in [5.41, 5.74) is 0. The van der Waals surface area contributed by atoms with Gasteiger partial charge in [-0.05, 0) is 23.6 Å². The summed E-state index contributed by atoms with van der Waals surface area (Å²) in [5.74, 6) is 2.90. The van der Waals surface area contributed by atoms with Crippen LogP contribution >= 0.6 is 11.3 Å². The number of benzene rings is 1. The molecule has 0 saturated carbocycles. The van der Waals surface area contributed by atoms with E-state index in [0.717, 1.165) is 11.5 Å². The van der Waals surface area contributed by atoms with Crippen molar-refractivity contribution in [3.63, 3.8) is 0 Å². The van der Waals surface area contributed by atoms with Gasteiger partial charge in [0.2, 0.25) is 0 Å². The normalized spacial score (nSPS) is 9.88. The lowest BCUT2D eigenvalue weighted by molar-refractivity contribution is 0.369. The van der Waals surface area contributed by atoms with E-state index < -0.39 is 0 Å². The van der Waals surface area contributed by atoms with Gasteiger partial charge in [-0.25, -0.2) is 0 Å². The molecule has 0 fully saturated rings. The molecular formula is C12H12O3S. The van der Waals surface area contributed by atoms with E-state index >= 15 is 0 Å². The fourth-order valence-electron chi connectivity index (χ4n) is 1.30. The number of hydrogen-bond acceptors (Lipinski definition) is 4. The van der Waals surface area contributed by atoms with E-state index in [-0.39, 0.29) is 0 Å². The third-order valence-electron chi connectivity index (χ3n) is 2.09. The van der Waals surface area contributed by atoms with Crippen LogP contribution in [0.15, 0.2) is 35.0 Å². The molecule has 0 spiro atoms. The van der Waals surface area contributed by atoms with Gasteiger partial charge in [0.15, 0.2) is 11.5 Å². The summed E-state index contributed by atoms with van der Waals surface area (Å²) in [6.45, 7) is 0. The SMILES string of the molecule is COc1ccc(Oc2ccsc2)c(OC)c1. The number of hydrogen-bond donors (Lipinski definition) is 0. The maximum atomic E-state index is 5.67. The minimum Gasteiger partial charge on any atom is -0.497 e. The molecule has 3 nitrogen and oxygen atoms in total. The molecule has 0 aliphatic heterocycles. The maximum Gasteiger partial charge on any atom is 0.169 e. The van der Waals surface area contributed by atoms with E-state index in [2.05, 4.69) is 0 Å². The van der Waals surface area contributed by atoms with Crippen LogP contribution in [-0.2, 0) is 0 Å². The topological polar surface area (TPSA) is 27.7 Å². The monoisotopic (exact) mass is 236 g/mol. The number of rotatable bonds is 4.